The van der Waals surface area contributed by atoms with Crippen LogP contribution in [0.5, 0.6) is 0 Å². The standard InChI is InChI=1S/C21H20N3/c1-14-6-7-15-11-16-13-24-8-4-5-17(24)12-18(16)20(15)19(14)21-22(2)9-10-23(21)3/h4-10,12-13H,11H2,1-3H3/q+1. The molecule has 4 aromatic rings. The number of hydrogen-bond acceptors (Lipinski definition) is 0. The highest BCUT2D eigenvalue weighted by Crippen LogP contribution is 2.44. The molecular weight excluding hydrogens is 294 g/mol. The molecule has 3 heteroatoms. The average molecular weight is 314 g/mol. The van der Waals surface area contributed by atoms with Crippen LogP contribution in [0.4, 0.5) is 0 Å². The average Bonchev–Trinajstić information content (AvgIpc) is 3.24. The lowest BCUT2D eigenvalue weighted by atomic mass is 9.95. The summed E-state index contributed by atoms with van der Waals surface area (Å²) < 4.78 is 6.66. The van der Waals surface area contributed by atoms with Gasteiger partial charge in [0.2, 0.25) is 0 Å². The molecular formula is C21H20N3+. The van der Waals surface area contributed by atoms with Gasteiger partial charge in [0.05, 0.1) is 19.7 Å². The molecule has 1 aromatic carbocycles. The predicted molar refractivity (Wildman–Crippen MR) is 96.0 cm³/mol. The second-order valence-corrected chi connectivity index (χ2v) is 6.86. The molecule has 5 rings (SSSR count). The maximum absolute atomic E-state index is 2.34. The normalized spacial score (nSPS) is 12.6. The fraction of sp³-hybridized carbons (Fsp3) is 0.190. The number of benzene rings is 1. The first-order valence-corrected chi connectivity index (χ1v) is 8.37. The van der Waals surface area contributed by atoms with Gasteiger partial charge in [-0.1, -0.05) is 12.1 Å². The summed E-state index contributed by atoms with van der Waals surface area (Å²) in [7, 11) is 4.25. The fourth-order valence-electron chi connectivity index (χ4n) is 4.14. The van der Waals surface area contributed by atoms with Gasteiger partial charge in [-0.05, 0) is 47.4 Å². The number of fused-ring (bicyclic) bond motifs is 4. The SMILES string of the molecule is Cc1ccc2c(c1-c1n(C)cc[n+]1C)-c1cc3cccn3cc1C2. The zero-order chi connectivity index (χ0) is 16.4. The predicted octanol–water partition coefficient (Wildman–Crippen LogP) is 3.65. The van der Waals surface area contributed by atoms with Crippen LogP contribution in [0.2, 0.25) is 0 Å². The van der Waals surface area contributed by atoms with E-state index < -0.39 is 0 Å². The number of pyridine rings is 1. The number of aryl methyl sites for hydroxylation is 3. The summed E-state index contributed by atoms with van der Waals surface area (Å²) >= 11 is 0. The molecule has 24 heavy (non-hydrogen) atoms. The molecule has 0 amide bonds. The molecule has 0 unspecified atom stereocenters. The molecule has 0 aliphatic heterocycles. The van der Waals surface area contributed by atoms with Crippen LogP contribution in [0, 0.1) is 6.92 Å². The van der Waals surface area contributed by atoms with Gasteiger partial charge >= 0.3 is 0 Å². The van der Waals surface area contributed by atoms with Crippen LogP contribution in [0.1, 0.15) is 16.7 Å². The number of imidazole rings is 1. The second kappa shape index (κ2) is 4.60. The van der Waals surface area contributed by atoms with E-state index in [0.29, 0.717) is 0 Å². The highest BCUT2D eigenvalue weighted by atomic mass is 15.1. The molecule has 0 spiro atoms. The molecule has 3 aromatic heterocycles. The molecule has 118 valence electrons. The van der Waals surface area contributed by atoms with E-state index in [-0.39, 0.29) is 0 Å². The summed E-state index contributed by atoms with van der Waals surface area (Å²) in [5.41, 5.74) is 9.58. The van der Waals surface area contributed by atoms with Crippen molar-refractivity contribution in [1.29, 1.82) is 0 Å². The first-order valence-electron chi connectivity index (χ1n) is 8.37. The molecule has 0 N–H and O–H groups in total. The third-order valence-corrected chi connectivity index (χ3v) is 5.30. The van der Waals surface area contributed by atoms with Gasteiger partial charge in [-0.25, -0.2) is 9.13 Å². The van der Waals surface area contributed by atoms with Gasteiger partial charge < -0.3 is 4.40 Å². The molecule has 1 aliphatic rings. The fourth-order valence-corrected chi connectivity index (χ4v) is 4.14. The summed E-state index contributed by atoms with van der Waals surface area (Å²) in [5.74, 6) is 1.26. The van der Waals surface area contributed by atoms with Crippen molar-refractivity contribution < 1.29 is 4.57 Å². The minimum absolute atomic E-state index is 1.01. The van der Waals surface area contributed by atoms with E-state index in [4.69, 9.17) is 0 Å². The van der Waals surface area contributed by atoms with Gasteiger partial charge in [0.15, 0.2) is 0 Å². The summed E-state index contributed by atoms with van der Waals surface area (Å²) in [6.07, 6.45) is 9.68. The van der Waals surface area contributed by atoms with Crippen LogP contribution in [0.3, 0.4) is 0 Å². The summed E-state index contributed by atoms with van der Waals surface area (Å²) in [6, 6.07) is 11.2. The van der Waals surface area contributed by atoms with E-state index in [2.05, 4.69) is 89.7 Å². The van der Waals surface area contributed by atoms with Crippen LogP contribution in [0.25, 0.3) is 28.0 Å². The molecule has 0 bridgehead atoms. The Labute approximate surface area is 141 Å². The van der Waals surface area contributed by atoms with Crippen molar-refractivity contribution in [2.75, 3.05) is 0 Å². The van der Waals surface area contributed by atoms with Crippen molar-refractivity contribution in [3.63, 3.8) is 0 Å². The Morgan fingerprint density at radius 2 is 1.92 bits per heavy atom. The number of nitrogens with zero attached hydrogens (tertiary/aromatic N) is 3. The Hall–Kier alpha value is -2.81. The van der Waals surface area contributed by atoms with Crippen molar-refractivity contribution >= 4 is 5.52 Å². The smallest absolute Gasteiger partial charge is 0.289 e. The first kappa shape index (κ1) is 13.6. The van der Waals surface area contributed by atoms with Crippen molar-refractivity contribution in [2.24, 2.45) is 14.1 Å². The van der Waals surface area contributed by atoms with Gasteiger partial charge in [0.25, 0.3) is 5.82 Å². The minimum atomic E-state index is 1.01. The van der Waals surface area contributed by atoms with Crippen LogP contribution >= 0.6 is 0 Å². The molecule has 1 aliphatic carbocycles. The van der Waals surface area contributed by atoms with Gasteiger partial charge in [-0.2, -0.15) is 0 Å². The third kappa shape index (κ3) is 1.70. The van der Waals surface area contributed by atoms with E-state index >= 15 is 0 Å². The van der Waals surface area contributed by atoms with Gasteiger partial charge in [-0.3, -0.25) is 0 Å². The van der Waals surface area contributed by atoms with Crippen LogP contribution in [0.15, 0.2) is 55.1 Å². The van der Waals surface area contributed by atoms with Crippen LogP contribution < -0.4 is 4.57 Å². The molecule has 3 heterocycles. The summed E-state index contributed by atoms with van der Waals surface area (Å²) in [4.78, 5) is 0. The summed E-state index contributed by atoms with van der Waals surface area (Å²) in [6.45, 7) is 2.22. The maximum atomic E-state index is 2.34. The topological polar surface area (TPSA) is 13.2 Å². The summed E-state index contributed by atoms with van der Waals surface area (Å²) in [5, 5.41) is 0. The van der Waals surface area contributed by atoms with Crippen molar-refractivity contribution in [1.82, 2.24) is 8.97 Å². The lowest BCUT2D eigenvalue weighted by Crippen LogP contribution is -2.29. The first-order chi connectivity index (χ1) is 11.6. The van der Waals surface area contributed by atoms with E-state index in [1.54, 1.807) is 0 Å². The lowest BCUT2D eigenvalue weighted by Gasteiger charge is -2.11. The van der Waals surface area contributed by atoms with Crippen LogP contribution in [-0.4, -0.2) is 8.97 Å². The number of rotatable bonds is 1. The monoisotopic (exact) mass is 314 g/mol. The van der Waals surface area contributed by atoms with Gasteiger partial charge in [-0.15, -0.1) is 0 Å². The highest BCUT2D eigenvalue weighted by Gasteiger charge is 2.28. The quantitative estimate of drug-likeness (QED) is 0.419. The van der Waals surface area contributed by atoms with E-state index in [9.17, 15) is 0 Å². The largest absolute Gasteiger partial charge is 0.324 e. The molecule has 0 atom stereocenters. The Bertz CT molecular complexity index is 1090. The molecule has 0 radical (unpaired) electrons. The second-order valence-electron chi connectivity index (χ2n) is 6.86. The zero-order valence-corrected chi connectivity index (χ0v) is 14.2. The molecule has 0 saturated carbocycles. The molecule has 0 saturated heterocycles. The van der Waals surface area contributed by atoms with Crippen molar-refractivity contribution in [3.8, 4) is 22.5 Å². The van der Waals surface area contributed by atoms with E-state index in [1.807, 2.05) is 0 Å². The van der Waals surface area contributed by atoms with Crippen molar-refractivity contribution in [3.05, 3.63) is 71.8 Å². The Morgan fingerprint density at radius 3 is 2.71 bits per heavy atom. The Morgan fingerprint density at radius 1 is 1.04 bits per heavy atom. The zero-order valence-electron chi connectivity index (χ0n) is 14.2. The molecule has 0 fully saturated rings. The van der Waals surface area contributed by atoms with E-state index in [0.717, 1.165) is 6.42 Å². The third-order valence-electron chi connectivity index (χ3n) is 5.30. The number of hydrogen-bond donors (Lipinski definition) is 0. The highest BCUT2D eigenvalue weighted by molar-refractivity contribution is 5.91. The molecule has 3 nitrogen and oxygen atoms in total. The van der Waals surface area contributed by atoms with E-state index in [1.165, 1.54) is 44.7 Å². The Balaban J connectivity index is 1.88. The van der Waals surface area contributed by atoms with Gasteiger partial charge in [0, 0.05) is 29.9 Å². The maximum Gasteiger partial charge on any atom is 0.289 e. The van der Waals surface area contributed by atoms with Gasteiger partial charge in [0.1, 0.15) is 12.4 Å². The number of aromatic nitrogens is 3. The minimum Gasteiger partial charge on any atom is -0.324 e. The Kier molecular flexibility index (Phi) is 2.61. The van der Waals surface area contributed by atoms with Crippen molar-refractivity contribution in [2.45, 2.75) is 13.3 Å². The lowest BCUT2D eigenvalue weighted by molar-refractivity contribution is -0.659. The van der Waals surface area contributed by atoms with Crippen LogP contribution in [-0.2, 0) is 20.5 Å².